The zero-order chi connectivity index (χ0) is 19.3. The molecule has 4 aromatic rings. The predicted octanol–water partition coefficient (Wildman–Crippen LogP) is 4.29. The van der Waals surface area contributed by atoms with E-state index >= 15 is 0 Å². The standard InChI is InChI=1S/C20H15FN2O4S/c21-13-5-7-15(8-6-13)25-11-19-22-14(12-28-19)10-26-20(24)9-17-16-3-1-2-4-18(16)27-23-17/h1-8,12H,9-11H2. The third-order valence-electron chi connectivity index (χ3n) is 3.92. The van der Waals surface area contributed by atoms with Gasteiger partial charge in [0, 0.05) is 10.8 Å². The molecule has 142 valence electrons. The van der Waals surface area contributed by atoms with E-state index in [1.807, 2.05) is 23.6 Å². The van der Waals surface area contributed by atoms with Crippen molar-refractivity contribution in [3.8, 4) is 5.75 Å². The Morgan fingerprint density at radius 1 is 1.11 bits per heavy atom. The van der Waals surface area contributed by atoms with Crippen molar-refractivity contribution >= 4 is 28.3 Å². The van der Waals surface area contributed by atoms with Gasteiger partial charge in [-0.2, -0.15) is 0 Å². The summed E-state index contributed by atoms with van der Waals surface area (Å²) in [6.07, 6.45) is 0.0294. The topological polar surface area (TPSA) is 74.5 Å². The van der Waals surface area contributed by atoms with E-state index in [1.165, 1.54) is 23.5 Å². The van der Waals surface area contributed by atoms with Gasteiger partial charge < -0.3 is 14.0 Å². The zero-order valence-corrected chi connectivity index (χ0v) is 15.4. The minimum Gasteiger partial charge on any atom is -0.486 e. The molecule has 28 heavy (non-hydrogen) atoms. The Morgan fingerprint density at radius 2 is 1.93 bits per heavy atom. The molecule has 0 spiro atoms. The highest BCUT2D eigenvalue weighted by Crippen LogP contribution is 2.19. The molecule has 0 aliphatic rings. The van der Waals surface area contributed by atoms with Crippen LogP contribution in [0.5, 0.6) is 5.75 Å². The molecule has 2 aromatic carbocycles. The Kier molecular flexibility index (Phi) is 5.29. The molecule has 2 aromatic heterocycles. The molecular formula is C20H15FN2O4S. The van der Waals surface area contributed by atoms with Gasteiger partial charge in [-0.3, -0.25) is 4.79 Å². The molecule has 0 amide bonds. The molecule has 0 unspecified atom stereocenters. The van der Waals surface area contributed by atoms with Crippen molar-refractivity contribution in [2.24, 2.45) is 0 Å². The second-order valence-electron chi connectivity index (χ2n) is 5.94. The molecule has 0 bridgehead atoms. The third-order valence-corrected chi connectivity index (χ3v) is 4.79. The highest BCUT2D eigenvalue weighted by Gasteiger charge is 2.14. The van der Waals surface area contributed by atoms with Crippen molar-refractivity contribution in [3.63, 3.8) is 0 Å². The summed E-state index contributed by atoms with van der Waals surface area (Å²) in [6.45, 7) is 0.330. The number of aromatic nitrogens is 2. The first-order chi connectivity index (χ1) is 13.7. The fourth-order valence-corrected chi connectivity index (χ4v) is 3.25. The van der Waals surface area contributed by atoms with Gasteiger partial charge in [-0.15, -0.1) is 11.3 Å². The van der Waals surface area contributed by atoms with Gasteiger partial charge in [-0.1, -0.05) is 17.3 Å². The monoisotopic (exact) mass is 398 g/mol. The molecule has 0 saturated heterocycles. The lowest BCUT2D eigenvalue weighted by Crippen LogP contribution is -2.08. The van der Waals surface area contributed by atoms with Crippen LogP contribution in [0.3, 0.4) is 0 Å². The molecule has 0 aliphatic carbocycles. The number of carbonyl (C=O) groups is 1. The highest BCUT2D eigenvalue weighted by molar-refractivity contribution is 7.09. The summed E-state index contributed by atoms with van der Waals surface area (Å²) in [7, 11) is 0. The first-order valence-electron chi connectivity index (χ1n) is 8.48. The average molecular weight is 398 g/mol. The summed E-state index contributed by atoms with van der Waals surface area (Å²) >= 11 is 1.40. The number of hydrogen-bond donors (Lipinski definition) is 0. The molecule has 0 atom stereocenters. The Morgan fingerprint density at radius 3 is 2.79 bits per heavy atom. The Balaban J connectivity index is 1.28. The molecule has 0 aliphatic heterocycles. The summed E-state index contributed by atoms with van der Waals surface area (Å²) < 4.78 is 28.9. The molecule has 2 heterocycles. The summed E-state index contributed by atoms with van der Waals surface area (Å²) in [5, 5.41) is 7.26. The van der Waals surface area contributed by atoms with Crippen molar-refractivity contribution in [2.75, 3.05) is 0 Å². The largest absolute Gasteiger partial charge is 0.486 e. The number of ether oxygens (including phenoxy) is 2. The van der Waals surface area contributed by atoms with Gasteiger partial charge in [0.05, 0.1) is 12.1 Å². The minimum absolute atomic E-state index is 0.0294. The highest BCUT2D eigenvalue weighted by atomic mass is 32.1. The Bertz CT molecular complexity index is 1090. The lowest BCUT2D eigenvalue weighted by molar-refractivity contribution is -0.144. The van der Waals surface area contributed by atoms with Crippen molar-refractivity contribution in [1.82, 2.24) is 10.1 Å². The van der Waals surface area contributed by atoms with Gasteiger partial charge in [-0.25, -0.2) is 9.37 Å². The number of esters is 1. The van der Waals surface area contributed by atoms with Crippen LogP contribution < -0.4 is 4.74 Å². The maximum Gasteiger partial charge on any atom is 0.312 e. The van der Waals surface area contributed by atoms with Crippen LogP contribution >= 0.6 is 11.3 Å². The number of carbonyl (C=O) groups excluding carboxylic acids is 1. The van der Waals surface area contributed by atoms with Crippen molar-refractivity contribution < 1.29 is 23.2 Å². The first kappa shape index (κ1) is 18.1. The van der Waals surface area contributed by atoms with E-state index in [2.05, 4.69) is 10.1 Å². The SMILES string of the molecule is O=C(Cc1noc2ccccc12)OCc1csc(COc2ccc(F)cc2)n1. The maximum absolute atomic E-state index is 12.9. The van der Waals surface area contributed by atoms with E-state index in [0.717, 1.165) is 10.4 Å². The van der Waals surface area contributed by atoms with Crippen LogP contribution in [0.2, 0.25) is 0 Å². The van der Waals surface area contributed by atoms with Crippen LogP contribution in [0.1, 0.15) is 16.4 Å². The minimum atomic E-state index is -0.406. The summed E-state index contributed by atoms with van der Waals surface area (Å²) in [5.41, 5.74) is 1.82. The molecule has 0 saturated carbocycles. The maximum atomic E-state index is 12.9. The lowest BCUT2D eigenvalue weighted by Gasteiger charge is -2.03. The number of rotatable bonds is 7. The fraction of sp³-hybridized carbons (Fsp3) is 0.150. The third kappa shape index (κ3) is 4.34. The smallest absolute Gasteiger partial charge is 0.312 e. The lowest BCUT2D eigenvalue weighted by atomic mass is 10.2. The second-order valence-corrected chi connectivity index (χ2v) is 6.88. The number of nitrogens with zero attached hydrogens (tertiary/aromatic N) is 2. The molecule has 0 radical (unpaired) electrons. The number of benzene rings is 2. The van der Waals surface area contributed by atoms with Gasteiger partial charge in [0.25, 0.3) is 0 Å². The van der Waals surface area contributed by atoms with Crippen LogP contribution in [0, 0.1) is 5.82 Å². The number of thiazole rings is 1. The van der Waals surface area contributed by atoms with Crippen LogP contribution in [-0.4, -0.2) is 16.1 Å². The molecule has 6 nitrogen and oxygen atoms in total. The number of hydrogen-bond acceptors (Lipinski definition) is 7. The van der Waals surface area contributed by atoms with Crippen LogP contribution in [0.15, 0.2) is 58.4 Å². The van der Waals surface area contributed by atoms with E-state index < -0.39 is 5.97 Å². The van der Waals surface area contributed by atoms with Gasteiger partial charge in [0.15, 0.2) is 5.58 Å². The molecule has 8 heteroatoms. The normalized spacial score (nSPS) is 10.9. The van der Waals surface area contributed by atoms with E-state index in [1.54, 1.807) is 18.2 Å². The summed E-state index contributed by atoms with van der Waals surface area (Å²) in [4.78, 5) is 16.5. The average Bonchev–Trinajstić information content (AvgIpc) is 3.33. The Hall–Kier alpha value is -3.26. The molecular weight excluding hydrogens is 383 g/mol. The number of para-hydroxylation sites is 1. The molecule has 0 N–H and O–H groups in total. The van der Waals surface area contributed by atoms with E-state index in [9.17, 15) is 9.18 Å². The number of fused-ring (bicyclic) bond motifs is 1. The van der Waals surface area contributed by atoms with Crippen molar-refractivity contribution in [1.29, 1.82) is 0 Å². The number of halogens is 1. The van der Waals surface area contributed by atoms with E-state index in [-0.39, 0.29) is 25.5 Å². The summed E-state index contributed by atoms with van der Waals surface area (Å²) in [5.74, 6) is -0.162. The van der Waals surface area contributed by atoms with Gasteiger partial charge in [0.2, 0.25) is 0 Å². The second kappa shape index (κ2) is 8.18. The van der Waals surface area contributed by atoms with Gasteiger partial charge in [-0.05, 0) is 36.4 Å². The first-order valence-corrected chi connectivity index (χ1v) is 9.36. The zero-order valence-electron chi connectivity index (χ0n) is 14.6. The van der Waals surface area contributed by atoms with Gasteiger partial charge >= 0.3 is 5.97 Å². The summed E-state index contributed by atoms with van der Waals surface area (Å²) in [6, 6.07) is 13.1. The quantitative estimate of drug-likeness (QED) is 0.433. The van der Waals surface area contributed by atoms with Gasteiger partial charge in [0.1, 0.15) is 35.5 Å². The predicted molar refractivity (Wildman–Crippen MR) is 100 cm³/mol. The van der Waals surface area contributed by atoms with Crippen LogP contribution in [-0.2, 0) is 29.2 Å². The molecule has 0 fully saturated rings. The van der Waals surface area contributed by atoms with E-state index in [0.29, 0.717) is 22.7 Å². The molecule has 4 rings (SSSR count). The fourth-order valence-electron chi connectivity index (χ4n) is 2.57. The van der Waals surface area contributed by atoms with Crippen LogP contribution in [0.25, 0.3) is 11.0 Å². The Labute approximate surface area is 163 Å². The van der Waals surface area contributed by atoms with Crippen LogP contribution in [0.4, 0.5) is 4.39 Å². The van der Waals surface area contributed by atoms with Crippen molar-refractivity contribution in [3.05, 3.63) is 76.1 Å². The van der Waals surface area contributed by atoms with E-state index in [4.69, 9.17) is 14.0 Å². The van der Waals surface area contributed by atoms with Crippen molar-refractivity contribution in [2.45, 2.75) is 19.6 Å².